The Morgan fingerprint density at radius 3 is 2.21 bits per heavy atom. The van der Waals surface area contributed by atoms with Crippen LogP contribution in [0.15, 0.2) is 48.5 Å². The monoisotopic (exact) mass is 269 g/mol. The lowest BCUT2D eigenvalue weighted by molar-refractivity contribution is 1.13. The summed E-state index contributed by atoms with van der Waals surface area (Å²) in [7, 11) is 2.59. The molecule has 0 unspecified atom stereocenters. The van der Waals surface area contributed by atoms with Crippen LogP contribution in [0.5, 0.6) is 0 Å². The lowest BCUT2D eigenvalue weighted by Crippen LogP contribution is -2.53. The second kappa shape index (κ2) is 5.22. The van der Waals surface area contributed by atoms with Crippen LogP contribution in [-0.4, -0.2) is 22.2 Å². The number of nitrogens with zero attached hydrogens (tertiary/aromatic N) is 1. The third-order valence-corrected chi connectivity index (χ3v) is 7.56. The van der Waals surface area contributed by atoms with Crippen molar-refractivity contribution in [2.45, 2.75) is 20.0 Å². The van der Waals surface area contributed by atoms with Gasteiger partial charge in [-0.2, -0.15) is 0 Å². The SMILES string of the molecule is Cc1ccccc1[Si](C)(C)c1cccc(N(C)C)c1. The molecule has 0 fully saturated rings. The molecule has 0 aliphatic carbocycles. The molecule has 2 heteroatoms. The van der Waals surface area contributed by atoms with Crippen LogP contribution < -0.4 is 15.3 Å². The molecule has 0 amide bonds. The van der Waals surface area contributed by atoms with E-state index in [1.54, 1.807) is 0 Å². The van der Waals surface area contributed by atoms with E-state index >= 15 is 0 Å². The quantitative estimate of drug-likeness (QED) is 0.775. The fourth-order valence-corrected chi connectivity index (χ4v) is 5.52. The van der Waals surface area contributed by atoms with E-state index in [1.165, 1.54) is 21.6 Å². The zero-order chi connectivity index (χ0) is 14.0. The van der Waals surface area contributed by atoms with Crippen LogP contribution in [0.3, 0.4) is 0 Å². The normalized spacial score (nSPS) is 11.4. The molecule has 2 aromatic rings. The van der Waals surface area contributed by atoms with Gasteiger partial charge in [-0.1, -0.05) is 65.4 Å². The molecular weight excluding hydrogens is 246 g/mol. The van der Waals surface area contributed by atoms with Crippen molar-refractivity contribution in [3.63, 3.8) is 0 Å². The minimum atomic E-state index is -1.60. The molecule has 0 bridgehead atoms. The van der Waals surface area contributed by atoms with Gasteiger partial charge >= 0.3 is 0 Å². The Kier molecular flexibility index (Phi) is 3.81. The van der Waals surface area contributed by atoms with Gasteiger partial charge in [0.1, 0.15) is 8.07 Å². The molecule has 0 aliphatic heterocycles. The number of anilines is 1. The Hall–Kier alpha value is -1.54. The van der Waals surface area contributed by atoms with Crippen LogP contribution in [0.25, 0.3) is 0 Å². The van der Waals surface area contributed by atoms with Crippen molar-refractivity contribution in [2.75, 3.05) is 19.0 Å². The first kappa shape index (κ1) is 13.9. The zero-order valence-corrected chi connectivity index (χ0v) is 13.6. The molecular formula is C17H23NSi. The molecule has 2 rings (SSSR count). The highest BCUT2D eigenvalue weighted by Crippen LogP contribution is 2.13. The van der Waals surface area contributed by atoms with Crippen LogP contribution >= 0.6 is 0 Å². The van der Waals surface area contributed by atoms with Crippen LogP contribution in [0.4, 0.5) is 5.69 Å². The number of aryl methyl sites for hydroxylation is 1. The topological polar surface area (TPSA) is 3.24 Å². The second-order valence-electron chi connectivity index (χ2n) is 5.88. The number of hydrogen-bond acceptors (Lipinski definition) is 1. The fraction of sp³-hybridized carbons (Fsp3) is 0.294. The summed E-state index contributed by atoms with van der Waals surface area (Å²) in [6.45, 7) is 7.09. The van der Waals surface area contributed by atoms with Crippen LogP contribution in [0.1, 0.15) is 5.56 Å². The lowest BCUT2D eigenvalue weighted by Gasteiger charge is -2.27. The highest BCUT2D eigenvalue weighted by Gasteiger charge is 2.27. The highest BCUT2D eigenvalue weighted by atomic mass is 28.3. The molecule has 0 aliphatic rings. The predicted molar refractivity (Wildman–Crippen MR) is 88.7 cm³/mol. The summed E-state index contributed by atoms with van der Waals surface area (Å²) in [5, 5.41) is 3.03. The smallest absolute Gasteiger partial charge is 0.112 e. The van der Waals surface area contributed by atoms with E-state index in [2.05, 4.69) is 87.5 Å². The molecule has 0 saturated carbocycles. The molecule has 0 radical (unpaired) electrons. The van der Waals surface area contributed by atoms with Gasteiger partial charge in [0.15, 0.2) is 0 Å². The summed E-state index contributed by atoms with van der Waals surface area (Å²) >= 11 is 0. The minimum Gasteiger partial charge on any atom is -0.378 e. The number of hydrogen-bond donors (Lipinski definition) is 0. The van der Waals surface area contributed by atoms with Gasteiger partial charge in [-0.3, -0.25) is 0 Å². The molecule has 0 aromatic heterocycles. The fourth-order valence-electron chi connectivity index (χ4n) is 2.60. The van der Waals surface area contributed by atoms with Crippen molar-refractivity contribution in [3.05, 3.63) is 54.1 Å². The summed E-state index contributed by atoms with van der Waals surface area (Å²) in [4.78, 5) is 2.17. The maximum Gasteiger partial charge on any atom is 0.112 e. The average molecular weight is 269 g/mol. The van der Waals surface area contributed by atoms with Gasteiger partial charge in [-0.05, 0) is 19.1 Å². The molecule has 0 N–H and O–H groups in total. The Morgan fingerprint density at radius 2 is 1.58 bits per heavy atom. The molecule has 2 aromatic carbocycles. The molecule has 0 heterocycles. The van der Waals surface area contributed by atoms with E-state index in [0.29, 0.717) is 0 Å². The van der Waals surface area contributed by atoms with Crippen molar-refractivity contribution in [1.82, 2.24) is 0 Å². The first-order valence-electron chi connectivity index (χ1n) is 6.77. The van der Waals surface area contributed by atoms with Gasteiger partial charge in [0.05, 0.1) is 0 Å². The zero-order valence-electron chi connectivity index (χ0n) is 12.6. The van der Waals surface area contributed by atoms with Crippen molar-refractivity contribution >= 4 is 24.1 Å². The Morgan fingerprint density at radius 1 is 0.895 bits per heavy atom. The standard InChI is InChI=1S/C17H23NSi/c1-14-9-6-7-12-17(14)19(4,5)16-11-8-10-15(13-16)18(2)3/h6-13H,1-5H3. The summed E-state index contributed by atoms with van der Waals surface area (Å²) < 4.78 is 0. The minimum absolute atomic E-state index is 1.28. The van der Waals surface area contributed by atoms with Crippen molar-refractivity contribution < 1.29 is 0 Å². The lowest BCUT2D eigenvalue weighted by atomic mass is 10.2. The molecule has 19 heavy (non-hydrogen) atoms. The van der Waals surface area contributed by atoms with E-state index in [-0.39, 0.29) is 0 Å². The predicted octanol–water partition coefficient (Wildman–Crippen LogP) is 2.88. The van der Waals surface area contributed by atoms with E-state index < -0.39 is 8.07 Å². The average Bonchev–Trinajstić information content (AvgIpc) is 2.39. The maximum atomic E-state index is 2.43. The van der Waals surface area contributed by atoms with Gasteiger partial charge in [0.2, 0.25) is 0 Å². The second-order valence-corrected chi connectivity index (χ2v) is 10.3. The summed E-state index contributed by atoms with van der Waals surface area (Å²) in [6, 6.07) is 17.8. The van der Waals surface area contributed by atoms with Crippen LogP contribution in [0, 0.1) is 6.92 Å². The summed E-state index contributed by atoms with van der Waals surface area (Å²) in [5.74, 6) is 0. The van der Waals surface area contributed by atoms with Crippen LogP contribution in [-0.2, 0) is 0 Å². The van der Waals surface area contributed by atoms with E-state index in [4.69, 9.17) is 0 Å². The van der Waals surface area contributed by atoms with Gasteiger partial charge in [-0.25, -0.2) is 0 Å². The van der Waals surface area contributed by atoms with E-state index in [0.717, 1.165) is 0 Å². The molecule has 0 saturated heterocycles. The highest BCUT2D eigenvalue weighted by molar-refractivity contribution is 7.00. The molecule has 1 nitrogen and oxygen atoms in total. The van der Waals surface area contributed by atoms with Gasteiger partial charge in [-0.15, -0.1) is 0 Å². The maximum absolute atomic E-state index is 2.43. The molecule has 0 atom stereocenters. The summed E-state index contributed by atoms with van der Waals surface area (Å²) in [5.41, 5.74) is 2.70. The largest absolute Gasteiger partial charge is 0.378 e. The third-order valence-electron chi connectivity index (χ3n) is 3.90. The summed E-state index contributed by atoms with van der Waals surface area (Å²) in [6.07, 6.45) is 0. The van der Waals surface area contributed by atoms with Gasteiger partial charge in [0.25, 0.3) is 0 Å². The Balaban J connectivity index is 2.50. The Bertz CT molecular complexity index is 573. The Labute approximate surface area is 117 Å². The van der Waals surface area contributed by atoms with Crippen molar-refractivity contribution in [1.29, 1.82) is 0 Å². The number of rotatable bonds is 3. The van der Waals surface area contributed by atoms with Crippen molar-refractivity contribution in [3.8, 4) is 0 Å². The van der Waals surface area contributed by atoms with Gasteiger partial charge in [0, 0.05) is 19.8 Å². The third kappa shape index (κ3) is 2.74. The first-order chi connectivity index (χ1) is 8.93. The van der Waals surface area contributed by atoms with Crippen LogP contribution in [0.2, 0.25) is 13.1 Å². The van der Waals surface area contributed by atoms with E-state index in [1.807, 2.05) is 0 Å². The number of benzene rings is 2. The molecule has 100 valence electrons. The van der Waals surface area contributed by atoms with E-state index in [9.17, 15) is 0 Å². The van der Waals surface area contributed by atoms with Crippen molar-refractivity contribution in [2.24, 2.45) is 0 Å². The molecule has 0 spiro atoms. The van der Waals surface area contributed by atoms with Gasteiger partial charge < -0.3 is 4.90 Å². The first-order valence-corrected chi connectivity index (χ1v) is 9.77.